The molecule has 4 nitrogen and oxygen atoms in total. The lowest BCUT2D eigenvalue weighted by Gasteiger charge is -2.05. The van der Waals surface area contributed by atoms with Crippen LogP contribution in [0.1, 0.15) is 5.56 Å². The number of carboxylic acid groups (broad SMARTS) is 1. The van der Waals surface area contributed by atoms with Crippen LogP contribution in [0.3, 0.4) is 0 Å². The molecule has 0 fully saturated rings. The van der Waals surface area contributed by atoms with Crippen molar-refractivity contribution in [1.82, 2.24) is 0 Å². The fourth-order valence-electron chi connectivity index (χ4n) is 0.973. The third kappa shape index (κ3) is 2.76. The maximum Gasteiger partial charge on any atom is 0.320 e. The lowest BCUT2D eigenvalue weighted by molar-refractivity contribution is -0.138. The SMILES string of the molecule is [15NH2][C@@H](Cc1ccc(O)cc1)[13C](=O)O. The molecule has 0 aliphatic heterocycles. The van der Waals surface area contributed by atoms with E-state index in [0.29, 0.717) is 0 Å². The predicted octanol–water partition coefficient (Wildman–Crippen LogP) is 0.347. The molecule has 0 radical (unpaired) electrons. The van der Waals surface area contributed by atoms with Gasteiger partial charge in [0.15, 0.2) is 0 Å². The molecule has 1 rings (SSSR count). The number of aliphatic carboxylic acids is 1. The zero-order valence-corrected chi connectivity index (χ0v) is 6.97. The van der Waals surface area contributed by atoms with Crippen molar-refractivity contribution >= 4 is 5.97 Å². The Morgan fingerprint density at radius 2 is 1.92 bits per heavy atom. The summed E-state index contributed by atoms with van der Waals surface area (Å²) in [6.45, 7) is 0. The number of rotatable bonds is 3. The van der Waals surface area contributed by atoms with E-state index in [1.54, 1.807) is 12.1 Å². The fraction of sp³-hybridized carbons (Fsp3) is 0.222. The van der Waals surface area contributed by atoms with Gasteiger partial charge in [-0.25, -0.2) is 0 Å². The average molecular weight is 183 g/mol. The molecule has 4 heteroatoms. The minimum Gasteiger partial charge on any atom is -0.508 e. The van der Waals surface area contributed by atoms with Crippen molar-refractivity contribution in [2.75, 3.05) is 0 Å². The van der Waals surface area contributed by atoms with Crippen LogP contribution in [0, 0.1) is 0 Å². The monoisotopic (exact) mass is 183 g/mol. The normalized spacial score (nSPS) is 12.4. The second-order valence-electron chi connectivity index (χ2n) is 2.82. The number of phenols is 1. The first-order valence-corrected chi connectivity index (χ1v) is 3.86. The smallest absolute Gasteiger partial charge is 0.320 e. The second kappa shape index (κ2) is 3.91. The van der Waals surface area contributed by atoms with Crippen LogP contribution in [-0.4, -0.2) is 22.2 Å². The lowest BCUT2D eigenvalue weighted by Crippen LogP contribution is -2.32. The van der Waals surface area contributed by atoms with E-state index in [-0.39, 0.29) is 12.2 Å². The van der Waals surface area contributed by atoms with Crippen LogP contribution in [0.25, 0.3) is 0 Å². The fourth-order valence-corrected chi connectivity index (χ4v) is 0.973. The Hall–Kier alpha value is -1.55. The molecule has 0 aliphatic carbocycles. The van der Waals surface area contributed by atoms with Crippen molar-refractivity contribution in [3.63, 3.8) is 0 Å². The molecule has 0 unspecified atom stereocenters. The van der Waals surface area contributed by atoms with Crippen molar-refractivity contribution in [3.8, 4) is 5.75 Å². The first-order chi connectivity index (χ1) is 6.09. The van der Waals surface area contributed by atoms with Crippen LogP contribution in [-0.2, 0) is 11.2 Å². The van der Waals surface area contributed by atoms with Crippen molar-refractivity contribution in [2.24, 2.45) is 5.73 Å². The van der Waals surface area contributed by atoms with Crippen LogP contribution in [0.4, 0.5) is 0 Å². The number of benzene rings is 1. The molecule has 0 aromatic heterocycles. The number of aromatic hydroxyl groups is 1. The summed E-state index contributed by atoms with van der Waals surface area (Å²) in [7, 11) is 0. The Bertz CT molecular complexity index is 294. The van der Waals surface area contributed by atoms with Crippen LogP contribution in [0.2, 0.25) is 0 Å². The number of phenolic OH excluding ortho intramolecular Hbond substituents is 1. The lowest BCUT2D eigenvalue weighted by atomic mass is 10.1. The number of hydrogen-bond donors (Lipinski definition) is 3. The molecule has 1 aromatic rings. The van der Waals surface area contributed by atoms with Crippen molar-refractivity contribution in [3.05, 3.63) is 29.8 Å². The number of nitrogens with two attached hydrogens (primary N) is 1. The van der Waals surface area contributed by atoms with E-state index < -0.39 is 12.0 Å². The van der Waals surface area contributed by atoms with Gasteiger partial charge in [-0.15, -0.1) is 0 Å². The van der Waals surface area contributed by atoms with Gasteiger partial charge in [-0.05, 0) is 24.1 Å². The molecule has 0 amide bonds. The van der Waals surface area contributed by atoms with E-state index >= 15 is 0 Å². The molecule has 0 aliphatic rings. The summed E-state index contributed by atoms with van der Waals surface area (Å²) in [5.74, 6) is -0.860. The Balaban J connectivity index is 2.64. The van der Waals surface area contributed by atoms with Crippen LogP contribution >= 0.6 is 0 Å². The minimum atomic E-state index is -1.02. The van der Waals surface area contributed by atoms with E-state index in [9.17, 15) is 4.79 Å². The highest BCUT2D eigenvalue weighted by Gasteiger charge is 2.11. The molecule has 1 atom stereocenters. The van der Waals surface area contributed by atoms with Crippen LogP contribution in [0.15, 0.2) is 24.3 Å². The Morgan fingerprint density at radius 3 is 2.38 bits per heavy atom. The Labute approximate surface area is 75.6 Å². The van der Waals surface area contributed by atoms with E-state index in [1.807, 2.05) is 0 Å². The molecular formula is C9H11NO3. The van der Waals surface area contributed by atoms with Gasteiger partial charge >= 0.3 is 5.97 Å². The summed E-state index contributed by atoms with van der Waals surface area (Å²) in [6.07, 6.45) is 0.273. The molecule has 0 spiro atoms. The highest BCUT2D eigenvalue weighted by atomic mass is 16.5. The highest BCUT2D eigenvalue weighted by molar-refractivity contribution is 5.73. The molecule has 0 saturated carbocycles. The standard InChI is InChI=1S/C9H11NO3/c10-8(9(12)13)5-6-1-3-7(11)4-2-6/h1-4,8,11H,5,10H2,(H,12,13)/t8-/m0/s1/i9+1,10+1. The number of hydrogen-bond acceptors (Lipinski definition) is 3. The summed E-state index contributed by atoms with van der Waals surface area (Å²) in [5.41, 5.74) is 6.12. The quantitative estimate of drug-likeness (QED) is 0.466. The zero-order valence-electron chi connectivity index (χ0n) is 6.97. The van der Waals surface area contributed by atoms with Gasteiger partial charge in [0.1, 0.15) is 11.8 Å². The second-order valence-corrected chi connectivity index (χ2v) is 2.82. The predicted molar refractivity (Wildman–Crippen MR) is 47.4 cm³/mol. The van der Waals surface area contributed by atoms with Gasteiger partial charge in [0.25, 0.3) is 0 Å². The number of carbonyl (C=O) groups is 1. The molecule has 4 N–H and O–H groups in total. The van der Waals surface area contributed by atoms with E-state index in [2.05, 4.69) is 0 Å². The molecule has 0 heterocycles. The van der Waals surface area contributed by atoms with Crippen molar-refractivity contribution < 1.29 is 15.0 Å². The summed E-state index contributed by atoms with van der Waals surface area (Å²) >= 11 is 0. The van der Waals surface area contributed by atoms with E-state index in [1.165, 1.54) is 12.1 Å². The van der Waals surface area contributed by atoms with Gasteiger partial charge in [0.2, 0.25) is 0 Å². The molecule has 1 aromatic carbocycles. The van der Waals surface area contributed by atoms with Crippen molar-refractivity contribution in [2.45, 2.75) is 12.5 Å². The first-order valence-electron chi connectivity index (χ1n) is 3.86. The molecule has 0 saturated heterocycles. The zero-order chi connectivity index (χ0) is 9.84. The van der Waals surface area contributed by atoms with Gasteiger partial charge in [0.05, 0.1) is 0 Å². The van der Waals surface area contributed by atoms with Gasteiger partial charge in [-0.2, -0.15) is 0 Å². The third-order valence-electron chi connectivity index (χ3n) is 1.71. The average Bonchev–Trinajstić information content (AvgIpc) is 2.08. The molecule has 0 bridgehead atoms. The van der Waals surface area contributed by atoms with Gasteiger partial charge < -0.3 is 15.9 Å². The third-order valence-corrected chi connectivity index (χ3v) is 1.71. The maximum absolute atomic E-state index is 10.4. The van der Waals surface area contributed by atoms with E-state index in [0.717, 1.165) is 5.56 Å². The van der Waals surface area contributed by atoms with E-state index in [4.69, 9.17) is 15.9 Å². The number of carboxylic acids is 1. The maximum atomic E-state index is 10.4. The van der Waals surface area contributed by atoms with Crippen LogP contribution in [0.5, 0.6) is 5.75 Å². The largest absolute Gasteiger partial charge is 0.508 e. The van der Waals surface area contributed by atoms with Gasteiger partial charge in [-0.1, -0.05) is 12.1 Å². The summed E-state index contributed by atoms with van der Waals surface area (Å²) in [5, 5.41) is 17.5. The molecule has 70 valence electrons. The summed E-state index contributed by atoms with van der Waals surface area (Å²) in [6, 6.07) is 5.42. The highest BCUT2D eigenvalue weighted by Crippen LogP contribution is 2.10. The van der Waals surface area contributed by atoms with Gasteiger partial charge in [0, 0.05) is 0 Å². The molecular weight excluding hydrogens is 172 g/mol. The minimum absolute atomic E-state index is 0.160. The van der Waals surface area contributed by atoms with Gasteiger partial charge in [-0.3, -0.25) is 4.79 Å². The Kier molecular flexibility index (Phi) is 2.87. The Morgan fingerprint density at radius 1 is 1.38 bits per heavy atom. The van der Waals surface area contributed by atoms with Crippen molar-refractivity contribution in [1.29, 1.82) is 0 Å². The first kappa shape index (κ1) is 9.54. The topological polar surface area (TPSA) is 83.5 Å². The molecule has 13 heavy (non-hydrogen) atoms. The summed E-state index contributed by atoms with van der Waals surface area (Å²) in [4.78, 5) is 10.4. The summed E-state index contributed by atoms with van der Waals surface area (Å²) < 4.78 is 0. The van der Waals surface area contributed by atoms with Crippen LogP contribution < -0.4 is 5.73 Å².